The number of ether oxygens (including phenoxy) is 2. The first-order valence-corrected chi connectivity index (χ1v) is 10.1. The topological polar surface area (TPSA) is 96.9 Å². The van der Waals surface area contributed by atoms with Crippen LogP contribution in [0.5, 0.6) is 5.75 Å². The standard InChI is InChI=1S/C22H29N5O3.HI/c1-16-5-6-17(20(12-16)30-19-7-11-29-15-19)14-27-22(23-2)26-10-9-25-21(28)18-4-3-8-24-13-18;/h3-6,8,12-13,19H,7,9-11,14-15H2,1-2H3,(H,25,28)(H2,23,26,27);1H. The minimum atomic E-state index is -0.148. The number of carbonyl (C=O) groups excluding carboxylic acids is 1. The Bertz CT molecular complexity index is 857. The van der Waals surface area contributed by atoms with E-state index in [0.29, 0.717) is 37.8 Å². The van der Waals surface area contributed by atoms with Crippen LogP contribution in [0.15, 0.2) is 47.7 Å². The van der Waals surface area contributed by atoms with Crippen LogP contribution in [0, 0.1) is 6.92 Å². The van der Waals surface area contributed by atoms with Gasteiger partial charge in [-0.25, -0.2) is 0 Å². The number of nitrogens with one attached hydrogen (secondary N) is 3. The van der Waals surface area contributed by atoms with E-state index >= 15 is 0 Å². The number of benzene rings is 1. The zero-order valence-corrected chi connectivity index (χ0v) is 20.2. The molecular weight excluding hydrogens is 509 g/mol. The molecule has 168 valence electrons. The number of aromatic nitrogens is 1. The van der Waals surface area contributed by atoms with Crippen LogP contribution in [0.4, 0.5) is 0 Å². The second kappa shape index (κ2) is 13.1. The largest absolute Gasteiger partial charge is 0.488 e. The van der Waals surface area contributed by atoms with Crippen molar-refractivity contribution in [2.75, 3.05) is 33.4 Å². The minimum Gasteiger partial charge on any atom is -0.488 e. The van der Waals surface area contributed by atoms with Gasteiger partial charge in [0.05, 0.1) is 18.8 Å². The van der Waals surface area contributed by atoms with E-state index in [-0.39, 0.29) is 36.0 Å². The van der Waals surface area contributed by atoms with Gasteiger partial charge in [-0.2, -0.15) is 0 Å². The van der Waals surface area contributed by atoms with Crippen molar-refractivity contribution in [3.8, 4) is 5.75 Å². The average molecular weight is 539 g/mol. The normalized spacial score (nSPS) is 15.7. The third kappa shape index (κ3) is 7.98. The fourth-order valence-electron chi connectivity index (χ4n) is 3.06. The highest BCUT2D eigenvalue weighted by Gasteiger charge is 2.18. The molecule has 1 amide bonds. The molecule has 0 aliphatic carbocycles. The Balaban J connectivity index is 0.00000341. The van der Waals surface area contributed by atoms with Crippen LogP contribution in [-0.4, -0.2) is 56.3 Å². The molecule has 0 radical (unpaired) electrons. The summed E-state index contributed by atoms with van der Waals surface area (Å²) >= 11 is 0. The number of hydrogen-bond acceptors (Lipinski definition) is 5. The maximum atomic E-state index is 12.0. The number of hydrogen-bond donors (Lipinski definition) is 3. The summed E-state index contributed by atoms with van der Waals surface area (Å²) in [7, 11) is 1.71. The lowest BCUT2D eigenvalue weighted by atomic mass is 10.1. The fourth-order valence-corrected chi connectivity index (χ4v) is 3.06. The van der Waals surface area contributed by atoms with Gasteiger partial charge >= 0.3 is 0 Å². The summed E-state index contributed by atoms with van der Waals surface area (Å²) in [4.78, 5) is 20.2. The first-order chi connectivity index (χ1) is 14.7. The van der Waals surface area contributed by atoms with Crippen molar-refractivity contribution in [2.24, 2.45) is 4.99 Å². The number of aliphatic imine (C=N–C) groups is 1. The van der Waals surface area contributed by atoms with Crippen molar-refractivity contribution in [3.63, 3.8) is 0 Å². The summed E-state index contributed by atoms with van der Waals surface area (Å²) in [6.07, 6.45) is 4.20. The third-order valence-corrected chi connectivity index (χ3v) is 4.70. The molecule has 2 aromatic rings. The van der Waals surface area contributed by atoms with E-state index in [0.717, 1.165) is 29.9 Å². The Morgan fingerprint density at radius 1 is 1.26 bits per heavy atom. The van der Waals surface area contributed by atoms with Crippen LogP contribution in [0.1, 0.15) is 27.9 Å². The first-order valence-electron chi connectivity index (χ1n) is 10.1. The number of amides is 1. The maximum Gasteiger partial charge on any atom is 0.252 e. The van der Waals surface area contributed by atoms with Crippen LogP contribution in [0.3, 0.4) is 0 Å². The SMILES string of the molecule is CN=C(NCCNC(=O)c1cccnc1)NCc1ccc(C)cc1OC1CCOC1.I. The van der Waals surface area contributed by atoms with Crippen molar-refractivity contribution >= 4 is 35.8 Å². The molecular formula is C22H30IN5O3. The second-order valence-electron chi connectivity index (χ2n) is 7.06. The van der Waals surface area contributed by atoms with Gasteiger partial charge in [0.15, 0.2) is 5.96 Å². The van der Waals surface area contributed by atoms with Crippen LogP contribution in [-0.2, 0) is 11.3 Å². The van der Waals surface area contributed by atoms with Crippen molar-refractivity contribution in [1.29, 1.82) is 0 Å². The molecule has 3 rings (SSSR count). The van der Waals surface area contributed by atoms with E-state index in [9.17, 15) is 4.79 Å². The third-order valence-electron chi connectivity index (χ3n) is 4.70. The van der Waals surface area contributed by atoms with Gasteiger partial charge < -0.3 is 25.4 Å². The maximum absolute atomic E-state index is 12.0. The molecule has 1 fully saturated rings. The van der Waals surface area contributed by atoms with Gasteiger partial charge in [-0.3, -0.25) is 14.8 Å². The highest BCUT2D eigenvalue weighted by molar-refractivity contribution is 14.0. The molecule has 1 aromatic heterocycles. The molecule has 1 aliphatic heterocycles. The zero-order chi connectivity index (χ0) is 21.2. The minimum absolute atomic E-state index is 0. The molecule has 1 unspecified atom stereocenters. The van der Waals surface area contributed by atoms with Crippen molar-refractivity contribution in [3.05, 3.63) is 59.4 Å². The number of pyridine rings is 1. The molecule has 0 spiro atoms. The summed E-state index contributed by atoms with van der Waals surface area (Å²) in [6.45, 7) is 5.02. The van der Waals surface area contributed by atoms with E-state index in [1.54, 1.807) is 31.6 Å². The van der Waals surface area contributed by atoms with E-state index in [4.69, 9.17) is 9.47 Å². The Labute approximate surface area is 200 Å². The van der Waals surface area contributed by atoms with Crippen LogP contribution in [0.25, 0.3) is 0 Å². The monoisotopic (exact) mass is 539 g/mol. The van der Waals surface area contributed by atoms with Gasteiger partial charge in [0.25, 0.3) is 5.91 Å². The van der Waals surface area contributed by atoms with Gasteiger partial charge in [0, 0.05) is 51.1 Å². The molecule has 2 heterocycles. The fraction of sp³-hybridized carbons (Fsp3) is 0.409. The Morgan fingerprint density at radius 2 is 2.10 bits per heavy atom. The van der Waals surface area contributed by atoms with Crippen molar-refractivity contribution in [2.45, 2.75) is 26.0 Å². The van der Waals surface area contributed by atoms with Gasteiger partial charge in [-0.15, -0.1) is 24.0 Å². The van der Waals surface area contributed by atoms with Crippen LogP contribution in [0.2, 0.25) is 0 Å². The molecule has 8 nitrogen and oxygen atoms in total. The van der Waals surface area contributed by atoms with E-state index < -0.39 is 0 Å². The molecule has 0 saturated carbocycles. The van der Waals surface area contributed by atoms with E-state index in [1.165, 1.54) is 0 Å². The zero-order valence-electron chi connectivity index (χ0n) is 17.9. The van der Waals surface area contributed by atoms with Crippen LogP contribution < -0.4 is 20.7 Å². The van der Waals surface area contributed by atoms with Crippen molar-refractivity contribution in [1.82, 2.24) is 20.9 Å². The lowest BCUT2D eigenvalue weighted by Crippen LogP contribution is -2.41. The van der Waals surface area contributed by atoms with E-state index in [1.807, 2.05) is 0 Å². The first kappa shape index (κ1) is 24.9. The van der Waals surface area contributed by atoms with Gasteiger partial charge in [-0.1, -0.05) is 12.1 Å². The Kier molecular flexibility index (Phi) is 10.5. The summed E-state index contributed by atoms with van der Waals surface area (Å²) in [5.41, 5.74) is 2.75. The summed E-state index contributed by atoms with van der Waals surface area (Å²) in [5.74, 6) is 1.38. The number of rotatable bonds is 8. The number of aryl methyl sites for hydroxylation is 1. The number of halogens is 1. The van der Waals surface area contributed by atoms with Crippen molar-refractivity contribution < 1.29 is 14.3 Å². The van der Waals surface area contributed by atoms with Gasteiger partial charge in [0.1, 0.15) is 11.9 Å². The number of carbonyl (C=O) groups is 1. The predicted molar refractivity (Wildman–Crippen MR) is 131 cm³/mol. The lowest BCUT2D eigenvalue weighted by molar-refractivity contribution is 0.0954. The smallest absolute Gasteiger partial charge is 0.252 e. The highest BCUT2D eigenvalue weighted by atomic mass is 127. The quantitative estimate of drug-likeness (QED) is 0.206. The predicted octanol–water partition coefficient (Wildman–Crippen LogP) is 2.27. The molecule has 1 saturated heterocycles. The van der Waals surface area contributed by atoms with Gasteiger partial charge in [0.2, 0.25) is 0 Å². The molecule has 1 aliphatic rings. The van der Waals surface area contributed by atoms with E-state index in [2.05, 4.69) is 51.0 Å². The molecule has 9 heteroatoms. The molecule has 3 N–H and O–H groups in total. The highest BCUT2D eigenvalue weighted by Crippen LogP contribution is 2.23. The lowest BCUT2D eigenvalue weighted by Gasteiger charge is -2.18. The molecule has 0 bridgehead atoms. The summed E-state index contributed by atoms with van der Waals surface area (Å²) < 4.78 is 11.6. The Hall–Kier alpha value is -2.40. The molecule has 1 aromatic carbocycles. The number of nitrogens with zero attached hydrogens (tertiary/aromatic N) is 2. The van der Waals surface area contributed by atoms with Crippen LogP contribution >= 0.6 is 24.0 Å². The summed E-state index contributed by atoms with van der Waals surface area (Å²) in [5, 5.41) is 9.35. The molecule has 31 heavy (non-hydrogen) atoms. The van der Waals surface area contributed by atoms with Gasteiger partial charge in [-0.05, 0) is 30.7 Å². The average Bonchev–Trinajstić information content (AvgIpc) is 3.28. The summed E-state index contributed by atoms with van der Waals surface area (Å²) in [6, 6.07) is 9.66. The Morgan fingerprint density at radius 3 is 2.81 bits per heavy atom. The number of guanidine groups is 1. The second-order valence-corrected chi connectivity index (χ2v) is 7.06. The molecule has 1 atom stereocenters.